The number of benzene rings is 1. The van der Waals surface area contributed by atoms with E-state index >= 15 is 4.39 Å². The summed E-state index contributed by atoms with van der Waals surface area (Å²) in [5, 5.41) is 32.9. The van der Waals surface area contributed by atoms with E-state index in [1.165, 1.54) is 12.3 Å². The van der Waals surface area contributed by atoms with Crippen LogP contribution in [0.5, 0.6) is 0 Å². The molecule has 7 rings (SSSR count). The zero-order valence-corrected chi connectivity index (χ0v) is 25.2. The summed E-state index contributed by atoms with van der Waals surface area (Å²) < 4.78 is 16.9. The van der Waals surface area contributed by atoms with Crippen molar-refractivity contribution in [2.75, 3.05) is 57.3 Å². The Morgan fingerprint density at radius 3 is 1.93 bits per heavy atom. The molecule has 5 aliphatic rings. The number of fused-ring (bicyclic) bond motifs is 1. The van der Waals surface area contributed by atoms with Crippen LogP contribution in [0, 0.1) is 5.82 Å². The lowest BCUT2D eigenvalue weighted by atomic mass is 9.96. The highest BCUT2D eigenvalue weighted by Gasteiger charge is 2.32. The molecule has 0 bridgehead atoms. The van der Waals surface area contributed by atoms with Crippen LogP contribution in [0.1, 0.15) is 54.9 Å². The van der Waals surface area contributed by atoms with E-state index in [2.05, 4.69) is 33.3 Å². The second kappa shape index (κ2) is 13.5. The number of aliphatic hydroxyl groups is 2. The van der Waals surface area contributed by atoms with E-state index in [-0.39, 0.29) is 35.2 Å². The van der Waals surface area contributed by atoms with E-state index in [1.54, 1.807) is 6.07 Å². The molecular weight excluding hydrogens is 565 g/mol. The summed E-state index contributed by atoms with van der Waals surface area (Å²) in [5.74, 6) is -1.80. The molecule has 2 saturated heterocycles. The van der Waals surface area contributed by atoms with E-state index < -0.39 is 17.2 Å². The number of piperazine rings is 2. The minimum Gasteiger partial charge on any atom is -0.477 e. The highest BCUT2D eigenvalue weighted by molar-refractivity contribution is 5.93. The summed E-state index contributed by atoms with van der Waals surface area (Å²) in [6.07, 6.45) is 14.5. The van der Waals surface area contributed by atoms with Gasteiger partial charge in [-0.05, 0) is 50.7 Å². The average Bonchev–Trinajstić information content (AvgIpc) is 3.88. The largest absolute Gasteiger partial charge is 0.477 e. The number of nitrogens with zero attached hydrogens (tertiary/aromatic N) is 4. The number of aliphatic hydroxyl groups excluding tert-OH is 2. The predicted molar refractivity (Wildman–Crippen MR) is 168 cm³/mol. The van der Waals surface area contributed by atoms with Gasteiger partial charge in [0.05, 0.1) is 23.4 Å². The van der Waals surface area contributed by atoms with E-state index in [4.69, 9.17) is 0 Å². The van der Waals surface area contributed by atoms with Crippen LogP contribution in [0.2, 0.25) is 0 Å². The Morgan fingerprint density at radius 2 is 1.39 bits per heavy atom. The van der Waals surface area contributed by atoms with Gasteiger partial charge in [0.15, 0.2) is 0 Å². The molecule has 10 nitrogen and oxygen atoms in total. The van der Waals surface area contributed by atoms with E-state index in [1.807, 2.05) is 15.5 Å². The monoisotopic (exact) mass is 609 g/mol. The number of anilines is 1. The summed E-state index contributed by atoms with van der Waals surface area (Å²) in [7, 11) is 0. The smallest absolute Gasteiger partial charge is 0.341 e. The molecule has 3 fully saturated rings. The molecule has 0 radical (unpaired) electrons. The molecule has 4 N–H and O–H groups in total. The van der Waals surface area contributed by atoms with Gasteiger partial charge in [0.2, 0.25) is 5.43 Å². The third kappa shape index (κ3) is 6.62. The number of rotatable bonds is 5. The normalized spacial score (nSPS) is 28.1. The van der Waals surface area contributed by atoms with Crippen molar-refractivity contribution in [3.63, 3.8) is 0 Å². The van der Waals surface area contributed by atoms with Gasteiger partial charge in [-0.25, -0.2) is 9.18 Å². The zero-order chi connectivity index (χ0) is 30.8. The Balaban J connectivity index is 0.000000220. The zero-order valence-electron chi connectivity index (χ0n) is 25.2. The third-order valence-electron chi connectivity index (χ3n) is 9.75. The van der Waals surface area contributed by atoms with Crippen LogP contribution in [0.4, 0.5) is 10.1 Å². The number of nitrogens with one attached hydrogen (secondary N) is 1. The number of pyridine rings is 1. The number of carboxylic acid groups (broad SMARTS) is 1. The van der Waals surface area contributed by atoms with E-state index in [0.29, 0.717) is 36.8 Å². The number of carbonyl (C=O) groups is 1. The summed E-state index contributed by atoms with van der Waals surface area (Å²) in [5.41, 5.74) is 0.0616. The van der Waals surface area contributed by atoms with Crippen molar-refractivity contribution in [2.45, 2.75) is 68.9 Å². The van der Waals surface area contributed by atoms with Crippen molar-refractivity contribution in [1.29, 1.82) is 0 Å². The van der Waals surface area contributed by atoms with Crippen molar-refractivity contribution in [1.82, 2.24) is 19.7 Å². The molecule has 11 heteroatoms. The standard InChI is InChI=1S/C23H26FN3O4.C10H18N2O/c24-17-11-15-19(27(14-5-6-14)13-16(22(15)29)23(30)31)12-20(17)26-9-7-25(8-10-26)18-3-1-2-4-21(18)28;13-10-4-2-1-3-9(10)12-7-5-11-6-8-12/h1-2,11-14,18,21,28H,3-10H2,(H,30,31);1-2,9-11,13H,3-8H2. The molecule has 1 aromatic carbocycles. The number of aromatic carboxylic acids is 1. The van der Waals surface area contributed by atoms with Gasteiger partial charge in [-0.2, -0.15) is 0 Å². The van der Waals surface area contributed by atoms with Gasteiger partial charge in [0.1, 0.15) is 11.4 Å². The molecule has 3 heterocycles. The Morgan fingerprint density at radius 1 is 0.818 bits per heavy atom. The lowest BCUT2D eigenvalue weighted by Crippen LogP contribution is -2.54. The van der Waals surface area contributed by atoms with Crippen LogP contribution >= 0.6 is 0 Å². The van der Waals surface area contributed by atoms with Crippen LogP contribution in [0.25, 0.3) is 10.9 Å². The second-order valence-corrected chi connectivity index (χ2v) is 12.6. The Hall–Kier alpha value is -3.09. The van der Waals surface area contributed by atoms with E-state index in [9.17, 15) is 24.9 Å². The van der Waals surface area contributed by atoms with Crippen LogP contribution in [0.15, 0.2) is 47.4 Å². The SMILES string of the molecule is O=C(O)c1cn(C2CC2)c2cc(N3CCN(C4CC=CCC4O)CC3)c(F)cc2c1=O.OC1CC=CCC1N1CCNCC1. The number of carboxylic acids is 1. The maximum atomic E-state index is 15.1. The van der Waals surface area contributed by atoms with Gasteiger partial charge in [0.25, 0.3) is 0 Å². The summed E-state index contributed by atoms with van der Waals surface area (Å²) in [6, 6.07) is 3.51. The second-order valence-electron chi connectivity index (χ2n) is 12.6. The summed E-state index contributed by atoms with van der Waals surface area (Å²) in [4.78, 5) is 30.8. The molecule has 2 aromatic rings. The predicted octanol–water partition coefficient (Wildman–Crippen LogP) is 2.35. The number of aromatic nitrogens is 1. The van der Waals surface area contributed by atoms with Gasteiger partial charge >= 0.3 is 5.97 Å². The van der Waals surface area contributed by atoms with Gasteiger partial charge < -0.3 is 30.1 Å². The molecule has 3 aliphatic carbocycles. The highest BCUT2D eigenvalue weighted by atomic mass is 19.1. The first-order valence-electron chi connectivity index (χ1n) is 16.0. The molecule has 4 unspecified atom stereocenters. The molecule has 238 valence electrons. The molecule has 2 aliphatic heterocycles. The number of halogens is 1. The molecule has 0 spiro atoms. The fraction of sp³-hybridized carbons (Fsp3) is 0.576. The minimum atomic E-state index is -1.29. The van der Waals surface area contributed by atoms with Crippen LogP contribution in [0.3, 0.4) is 0 Å². The topological polar surface area (TPSA) is 122 Å². The Labute approximate surface area is 257 Å². The lowest BCUT2D eigenvalue weighted by Gasteiger charge is -2.42. The average molecular weight is 610 g/mol. The maximum Gasteiger partial charge on any atom is 0.341 e. The first-order valence-corrected chi connectivity index (χ1v) is 16.0. The fourth-order valence-corrected chi connectivity index (χ4v) is 7.07. The molecule has 1 saturated carbocycles. The summed E-state index contributed by atoms with van der Waals surface area (Å²) in [6.45, 7) is 6.97. The molecule has 0 amide bonds. The van der Waals surface area contributed by atoms with Crippen LogP contribution < -0.4 is 15.6 Å². The third-order valence-corrected chi connectivity index (χ3v) is 9.75. The van der Waals surface area contributed by atoms with Crippen molar-refractivity contribution < 1.29 is 24.5 Å². The fourth-order valence-electron chi connectivity index (χ4n) is 7.07. The van der Waals surface area contributed by atoms with Crippen LogP contribution in [-0.4, -0.2) is 112 Å². The van der Waals surface area contributed by atoms with Crippen molar-refractivity contribution >= 4 is 22.6 Å². The first-order chi connectivity index (χ1) is 21.3. The maximum absolute atomic E-state index is 15.1. The van der Waals surface area contributed by atoms with Crippen LogP contribution in [-0.2, 0) is 0 Å². The Kier molecular flexibility index (Phi) is 9.48. The molecular formula is C33H44FN5O5. The molecule has 4 atom stereocenters. The van der Waals surface area contributed by atoms with Crippen molar-refractivity contribution in [2.24, 2.45) is 0 Å². The van der Waals surface area contributed by atoms with Gasteiger partial charge in [-0.3, -0.25) is 14.6 Å². The number of hydrogen-bond acceptors (Lipinski definition) is 8. The molecule has 1 aromatic heterocycles. The van der Waals surface area contributed by atoms with Crippen molar-refractivity contribution in [3.05, 3.63) is 64.2 Å². The lowest BCUT2D eigenvalue weighted by molar-refractivity contribution is 0.0410. The number of hydrogen-bond donors (Lipinski definition) is 4. The van der Waals surface area contributed by atoms with E-state index in [0.717, 1.165) is 71.4 Å². The summed E-state index contributed by atoms with van der Waals surface area (Å²) >= 11 is 0. The van der Waals surface area contributed by atoms with Gasteiger partial charge in [-0.15, -0.1) is 0 Å². The van der Waals surface area contributed by atoms with Crippen molar-refractivity contribution in [3.8, 4) is 0 Å². The van der Waals surface area contributed by atoms with Gasteiger partial charge in [-0.1, -0.05) is 24.3 Å². The minimum absolute atomic E-state index is 0.100. The Bertz CT molecular complexity index is 1460. The van der Waals surface area contributed by atoms with Gasteiger partial charge in [0, 0.05) is 82.1 Å². The first kappa shape index (κ1) is 30.9. The quantitative estimate of drug-likeness (QED) is 0.379. The molecule has 44 heavy (non-hydrogen) atoms. The highest BCUT2D eigenvalue weighted by Crippen LogP contribution is 2.38.